The number of hydrogen-bond acceptors (Lipinski definition) is 2. The molecule has 0 saturated heterocycles. The molecule has 0 atom stereocenters. The normalized spacial score (nSPS) is 27.9. The van der Waals surface area contributed by atoms with Gasteiger partial charge in [-0.3, -0.25) is 0 Å². The molecule has 0 aliphatic heterocycles. The van der Waals surface area contributed by atoms with E-state index in [0.29, 0.717) is 6.10 Å². The van der Waals surface area contributed by atoms with Crippen molar-refractivity contribution in [3.8, 4) is 0 Å². The summed E-state index contributed by atoms with van der Waals surface area (Å²) in [5, 5.41) is 3.59. The molecule has 1 rings (SSSR count). The molecule has 84 valence electrons. The smallest absolute Gasteiger partial charge is 0.0576 e. The Morgan fingerprint density at radius 2 is 1.79 bits per heavy atom. The highest BCUT2D eigenvalue weighted by Crippen LogP contribution is 2.21. The minimum Gasteiger partial charge on any atom is -0.378 e. The molecule has 2 heteroatoms. The van der Waals surface area contributed by atoms with Crippen molar-refractivity contribution in [3.05, 3.63) is 0 Å². The van der Waals surface area contributed by atoms with Crippen LogP contribution in [0.3, 0.4) is 0 Å². The second kappa shape index (κ2) is 7.24. The van der Waals surface area contributed by atoms with E-state index in [1.165, 1.54) is 38.6 Å². The monoisotopic (exact) mass is 199 g/mol. The summed E-state index contributed by atoms with van der Waals surface area (Å²) in [7, 11) is 0. The fourth-order valence-corrected chi connectivity index (χ4v) is 2.07. The third-order valence-corrected chi connectivity index (χ3v) is 2.91. The highest BCUT2D eigenvalue weighted by atomic mass is 16.5. The SMILES string of the molecule is CCCNC1CCC(OCCC)CC1. The third-order valence-electron chi connectivity index (χ3n) is 2.91. The van der Waals surface area contributed by atoms with E-state index in [-0.39, 0.29) is 0 Å². The van der Waals surface area contributed by atoms with Gasteiger partial charge in [0.05, 0.1) is 6.10 Å². The molecule has 0 radical (unpaired) electrons. The summed E-state index contributed by atoms with van der Waals surface area (Å²) in [5.41, 5.74) is 0. The summed E-state index contributed by atoms with van der Waals surface area (Å²) < 4.78 is 5.76. The maximum Gasteiger partial charge on any atom is 0.0576 e. The van der Waals surface area contributed by atoms with E-state index in [4.69, 9.17) is 4.74 Å². The quantitative estimate of drug-likeness (QED) is 0.710. The lowest BCUT2D eigenvalue weighted by molar-refractivity contribution is 0.0229. The Hall–Kier alpha value is -0.0800. The van der Waals surface area contributed by atoms with Crippen molar-refractivity contribution in [3.63, 3.8) is 0 Å². The standard InChI is InChI=1S/C12H25NO/c1-3-9-13-11-5-7-12(8-6-11)14-10-4-2/h11-13H,3-10H2,1-2H3. The van der Waals surface area contributed by atoms with Gasteiger partial charge in [-0.2, -0.15) is 0 Å². The molecule has 1 saturated carbocycles. The Bertz CT molecular complexity index is 114. The lowest BCUT2D eigenvalue weighted by Gasteiger charge is -2.29. The summed E-state index contributed by atoms with van der Waals surface area (Å²) in [6.07, 6.45) is 8.04. The van der Waals surface area contributed by atoms with Crippen LogP contribution in [0.15, 0.2) is 0 Å². The van der Waals surface area contributed by atoms with Gasteiger partial charge in [0.1, 0.15) is 0 Å². The maximum atomic E-state index is 5.76. The predicted molar refractivity (Wildman–Crippen MR) is 60.6 cm³/mol. The van der Waals surface area contributed by atoms with Gasteiger partial charge in [0.15, 0.2) is 0 Å². The van der Waals surface area contributed by atoms with E-state index >= 15 is 0 Å². The first-order valence-electron chi connectivity index (χ1n) is 6.21. The Morgan fingerprint density at radius 1 is 1.07 bits per heavy atom. The molecule has 0 aromatic rings. The van der Waals surface area contributed by atoms with Gasteiger partial charge in [-0.25, -0.2) is 0 Å². The molecule has 0 spiro atoms. The summed E-state index contributed by atoms with van der Waals surface area (Å²) in [4.78, 5) is 0. The van der Waals surface area contributed by atoms with Crippen LogP contribution >= 0.6 is 0 Å². The Kier molecular flexibility index (Phi) is 6.20. The zero-order chi connectivity index (χ0) is 10.2. The summed E-state index contributed by atoms with van der Waals surface area (Å²) in [6, 6.07) is 0.761. The van der Waals surface area contributed by atoms with Crippen LogP contribution in [0.2, 0.25) is 0 Å². The largest absolute Gasteiger partial charge is 0.378 e. The van der Waals surface area contributed by atoms with Crippen LogP contribution in [-0.4, -0.2) is 25.3 Å². The average Bonchev–Trinajstić information content (AvgIpc) is 2.25. The molecule has 0 heterocycles. The first-order valence-corrected chi connectivity index (χ1v) is 6.21. The van der Waals surface area contributed by atoms with Crippen molar-refractivity contribution in [1.29, 1.82) is 0 Å². The fraction of sp³-hybridized carbons (Fsp3) is 1.00. The van der Waals surface area contributed by atoms with Gasteiger partial charge in [-0.15, -0.1) is 0 Å². The van der Waals surface area contributed by atoms with Gasteiger partial charge in [0, 0.05) is 12.6 Å². The number of nitrogens with one attached hydrogen (secondary N) is 1. The number of hydrogen-bond donors (Lipinski definition) is 1. The minimum atomic E-state index is 0.551. The molecule has 1 aliphatic rings. The Balaban J connectivity index is 2.05. The molecule has 0 unspecified atom stereocenters. The summed E-state index contributed by atoms with van der Waals surface area (Å²) >= 11 is 0. The summed E-state index contributed by atoms with van der Waals surface area (Å²) in [6.45, 7) is 6.51. The van der Waals surface area contributed by atoms with E-state index in [1.54, 1.807) is 0 Å². The van der Waals surface area contributed by atoms with E-state index in [9.17, 15) is 0 Å². The van der Waals surface area contributed by atoms with E-state index < -0.39 is 0 Å². The molecular formula is C12H25NO. The second-order valence-electron chi connectivity index (χ2n) is 4.30. The molecule has 1 N–H and O–H groups in total. The molecule has 1 fully saturated rings. The van der Waals surface area contributed by atoms with Gasteiger partial charge in [0.2, 0.25) is 0 Å². The lowest BCUT2D eigenvalue weighted by atomic mass is 9.93. The zero-order valence-corrected chi connectivity index (χ0v) is 9.72. The van der Waals surface area contributed by atoms with Gasteiger partial charge in [0.25, 0.3) is 0 Å². The Morgan fingerprint density at radius 3 is 2.36 bits per heavy atom. The van der Waals surface area contributed by atoms with Crippen LogP contribution in [-0.2, 0) is 4.74 Å². The zero-order valence-electron chi connectivity index (χ0n) is 9.72. The first kappa shape index (κ1) is 12.0. The summed E-state index contributed by atoms with van der Waals surface area (Å²) in [5.74, 6) is 0. The molecular weight excluding hydrogens is 174 g/mol. The van der Waals surface area contributed by atoms with E-state index in [1.807, 2.05) is 0 Å². The molecule has 2 nitrogen and oxygen atoms in total. The van der Waals surface area contributed by atoms with Crippen molar-refractivity contribution in [2.45, 2.75) is 64.5 Å². The van der Waals surface area contributed by atoms with Crippen LogP contribution in [0.25, 0.3) is 0 Å². The maximum absolute atomic E-state index is 5.76. The van der Waals surface area contributed by atoms with E-state index in [2.05, 4.69) is 19.2 Å². The van der Waals surface area contributed by atoms with Crippen molar-refractivity contribution in [2.75, 3.05) is 13.2 Å². The molecule has 0 aromatic heterocycles. The molecule has 0 amide bonds. The van der Waals surface area contributed by atoms with Crippen LogP contribution in [0.1, 0.15) is 52.4 Å². The first-order chi connectivity index (χ1) is 6.86. The number of ether oxygens (including phenoxy) is 1. The van der Waals surface area contributed by atoms with Gasteiger partial charge >= 0.3 is 0 Å². The van der Waals surface area contributed by atoms with Crippen LogP contribution in [0.4, 0.5) is 0 Å². The van der Waals surface area contributed by atoms with Gasteiger partial charge in [-0.1, -0.05) is 13.8 Å². The number of rotatable bonds is 6. The average molecular weight is 199 g/mol. The van der Waals surface area contributed by atoms with Crippen LogP contribution < -0.4 is 5.32 Å². The van der Waals surface area contributed by atoms with E-state index in [0.717, 1.165) is 19.1 Å². The molecule has 0 aromatic carbocycles. The second-order valence-corrected chi connectivity index (χ2v) is 4.30. The lowest BCUT2D eigenvalue weighted by Crippen LogP contribution is -2.35. The van der Waals surface area contributed by atoms with Crippen molar-refractivity contribution in [1.82, 2.24) is 5.32 Å². The molecule has 0 bridgehead atoms. The highest BCUT2D eigenvalue weighted by molar-refractivity contribution is 4.77. The highest BCUT2D eigenvalue weighted by Gasteiger charge is 2.20. The van der Waals surface area contributed by atoms with Crippen LogP contribution in [0.5, 0.6) is 0 Å². The van der Waals surface area contributed by atoms with Gasteiger partial charge < -0.3 is 10.1 Å². The van der Waals surface area contributed by atoms with Crippen LogP contribution in [0, 0.1) is 0 Å². The molecule has 1 aliphatic carbocycles. The topological polar surface area (TPSA) is 21.3 Å². The Labute approximate surface area is 88.4 Å². The fourth-order valence-electron chi connectivity index (χ4n) is 2.07. The predicted octanol–water partition coefficient (Wildman–Crippen LogP) is 2.72. The molecule has 14 heavy (non-hydrogen) atoms. The van der Waals surface area contributed by atoms with Crippen molar-refractivity contribution in [2.24, 2.45) is 0 Å². The van der Waals surface area contributed by atoms with Crippen molar-refractivity contribution >= 4 is 0 Å². The minimum absolute atomic E-state index is 0.551. The third kappa shape index (κ3) is 4.43. The van der Waals surface area contributed by atoms with Crippen molar-refractivity contribution < 1.29 is 4.74 Å². The van der Waals surface area contributed by atoms with Gasteiger partial charge in [-0.05, 0) is 45.1 Å².